The van der Waals surface area contributed by atoms with Crippen LogP contribution in [0.2, 0.25) is 0 Å². The van der Waals surface area contributed by atoms with Gasteiger partial charge in [-0.3, -0.25) is 9.69 Å². The van der Waals surface area contributed by atoms with Crippen molar-refractivity contribution in [1.82, 2.24) is 20.0 Å². The molecule has 0 bridgehead atoms. The van der Waals surface area contributed by atoms with E-state index in [1.54, 1.807) is 16.7 Å². The predicted octanol–water partition coefficient (Wildman–Crippen LogP) is 2.40. The molecule has 184 valence electrons. The molecule has 0 radical (unpaired) electrons. The maximum Gasteiger partial charge on any atom is 0.418 e. The number of esters is 1. The Morgan fingerprint density at radius 2 is 1.82 bits per heavy atom. The lowest BCUT2D eigenvalue weighted by Crippen LogP contribution is -2.80. The highest BCUT2D eigenvalue weighted by Gasteiger charge is 2.59. The van der Waals surface area contributed by atoms with Crippen LogP contribution in [0.15, 0.2) is 23.4 Å². The van der Waals surface area contributed by atoms with Crippen LogP contribution in [-0.2, 0) is 20.5 Å². The molecule has 4 aliphatic rings. The zero-order valence-electron chi connectivity index (χ0n) is 19.6. The van der Waals surface area contributed by atoms with E-state index in [2.05, 4.69) is 35.9 Å². The first-order valence-electron chi connectivity index (χ1n) is 11.5. The Balaban J connectivity index is 1.29. The summed E-state index contributed by atoms with van der Waals surface area (Å²) < 4.78 is 44.9. The van der Waals surface area contributed by atoms with E-state index in [1.807, 2.05) is 0 Å². The molecule has 1 aromatic rings. The van der Waals surface area contributed by atoms with Gasteiger partial charge in [-0.1, -0.05) is 0 Å². The van der Waals surface area contributed by atoms with E-state index >= 15 is 0 Å². The molecular weight excluding hydrogens is 451 g/mol. The van der Waals surface area contributed by atoms with E-state index < -0.39 is 23.3 Å². The monoisotopic (exact) mass is 479 g/mol. The Morgan fingerprint density at radius 1 is 1.15 bits per heavy atom. The SMILES string of the molecule is CC1=C(C(=O)N2C[C@@H]3C2CN3c2cc(C(F)(F)F)cnn2)C2(CCN(C(C)(C)C)CC2)OC1=O. The molecule has 3 saturated heterocycles. The first-order valence-corrected chi connectivity index (χ1v) is 11.5. The Morgan fingerprint density at radius 3 is 2.38 bits per heavy atom. The van der Waals surface area contributed by atoms with Crippen molar-refractivity contribution in [2.45, 2.75) is 69.9 Å². The van der Waals surface area contributed by atoms with Crippen LogP contribution in [0.5, 0.6) is 0 Å². The highest BCUT2D eigenvalue weighted by molar-refractivity contribution is 6.07. The van der Waals surface area contributed by atoms with Gasteiger partial charge in [0.25, 0.3) is 5.91 Å². The summed E-state index contributed by atoms with van der Waals surface area (Å²) in [5, 5.41) is 7.35. The molecule has 0 N–H and O–H groups in total. The van der Waals surface area contributed by atoms with Crippen molar-refractivity contribution >= 4 is 17.7 Å². The van der Waals surface area contributed by atoms with Gasteiger partial charge < -0.3 is 14.5 Å². The quantitative estimate of drug-likeness (QED) is 0.603. The number of piperidine rings is 1. The van der Waals surface area contributed by atoms with Crippen LogP contribution in [0, 0.1) is 0 Å². The summed E-state index contributed by atoms with van der Waals surface area (Å²) in [7, 11) is 0. The molecule has 11 heteroatoms. The lowest BCUT2D eigenvalue weighted by molar-refractivity contribution is -0.154. The van der Waals surface area contributed by atoms with Gasteiger partial charge in [-0.15, -0.1) is 5.10 Å². The zero-order valence-corrected chi connectivity index (χ0v) is 19.6. The minimum atomic E-state index is -4.49. The van der Waals surface area contributed by atoms with Gasteiger partial charge in [0.1, 0.15) is 5.60 Å². The molecule has 1 unspecified atom stereocenters. The number of anilines is 1. The number of amides is 1. The molecule has 34 heavy (non-hydrogen) atoms. The van der Waals surface area contributed by atoms with Crippen LogP contribution >= 0.6 is 0 Å². The van der Waals surface area contributed by atoms with Gasteiger partial charge in [-0.25, -0.2) is 4.79 Å². The third-order valence-corrected chi connectivity index (χ3v) is 7.69. The molecule has 0 aliphatic carbocycles. The Bertz CT molecular complexity index is 1070. The van der Waals surface area contributed by atoms with Gasteiger partial charge in [0, 0.05) is 50.1 Å². The molecule has 8 nitrogen and oxygen atoms in total. The Hall–Kier alpha value is -2.69. The van der Waals surface area contributed by atoms with Crippen molar-refractivity contribution in [3.8, 4) is 0 Å². The molecule has 1 spiro atoms. The van der Waals surface area contributed by atoms with Gasteiger partial charge in [0.15, 0.2) is 5.82 Å². The number of ether oxygens (including phenoxy) is 1. The first kappa shape index (κ1) is 23.1. The van der Waals surface area contributed by atoms with Gasteiger partial charge in [0.05, 0.1) is 29.4 Å². The van der Waals surface area contributed by atoms with E-state index in [4.69, 9.17) is 4.74 Å². The maximum absolute atomic E-state index is 13.6. The number of carbonyl (C=O) groups is 2. The lowest BCUT2D eigenvalue weighted by Gasteiger charge is -2.62. The summed E-state index contributed by atoms with van der Waals surface area (Å²) in [4.78, 5) is 31.9. The average molecular weight is 480 g/mol. The summed E-state index contributed by atoms with van der Waals surface area (Å²) in [5.41, 5.74) is -0.959. The number of piperazine rings is 1. The number of hydrogen-bond donors (Lipinski definition) is 0. The minimum absolute atomic E-state index is 0.0143. The number of alkyl halides is 3. The fourth-order valence-corrected chi connectivity index (χ4v) is 5.54. The Kier molecular flexibility index (Phi) is 5.02. The van der Waals surface area contributed by atoms with E-state index in [0.29, 0.717) is 43.3 Å². The van der Waals surface area contributed by atoms with Crippen LogP contribution in [0.1, 0.15) is 46.1 Å². The van der Waals surface area contributed by atoms with Crippen LogP contribution in [-0.4, -0.2) is 81.3 Å². The van der Waals surface area contributed by atoms with Gasteiger partial charge >= 0.3 is 12.1 Å². The lowest BCUT2D eigenvalue weighted by atomic mass is 9.78. The van der Waals surface area contributed by atoms with Crippen molar-refractivity contribution in [3.63, 3.8) is 0 Å². The Labute approximate surface area is 195 Å². The molecule has 4 aliphatic heterocycles. The van der Waals surface area contributed by atoms with Crippen molar-refractivity contribution in [2.75, 3.05) is 31.1 Å². The number of aromatic nitrogens is 2. The second-order valence-electron chi connectivity index (χ2n) is 10.6. The first-order chi connectivity index (χ1) is 15.8. The zero-order chi connectivity index (χ0) is 24.6. The highest BCUT2D eigenvalue weighted by atomic mass is 19.4. The molecular formula is C23H28F3N5O3. The maximum atomic E-state index is 13.6. The summed E-state index contributed by atoms with van der Waals surface area (Å²) in [5.74, 6) is -0.494. The number of likely N-dealkylation sites (tertiary alicyclic amines) is 2. The minimum Gasteiger partial charge on any atom is -0.450 e. The van der Waals surface area contributed by atoms with Crippen molar-refractivity contribution < 1.29 is 27.5 Å². The summed E-state index contributed by atoms with van der Waals surface area (Å²) in [6.07, 6.45) is -2.68. The fraction of sp³-hybridized carbons (Fsp3) is 0.652. The van der Waals surface area contributed by atoms with Crippen LogP contribution in [0.3, 0.4) is 0 Å². The number of halogens is 3. The van der Waals surface area contributed by atoms with E-state index in [1.165, 1.54) is 0 Å². The second kappa shape index (κ2) is 7.40. The second-order valence-corrected chi connectivity index (χ2v) is 10.6. The smallest absolute Gasteiger partial charge is 0.418 e. The summed E-state index contributed by atoms with van der Waals surface area (Å²) in [6.45, 7) is 10.2. The van der Waals surface area contributed by atoms with Crippen LogP contribution in [0.25, 0.3) is 0 Å². The summed E-state index contributed by atoms with van der Waals surface area (Å²) >= 11 is 0. The average Bonchev–Trinajstić information content (AvgIpc) is 2.97. The third-order valence-electron chi connectivity index (χ3n) is 7.69. The number of fused-ring (bicyclic) bond motifs is 1. The standard InChI is InChI=1S/C23H28F3N5O3/c1-13-18(22(34-20(13)33)5-7-29(8-6-22)21(2,3)4)19(32)31-12-15-16(31)11-30(15)17-9-14(10-27-28-17)23(24,25)26/h9-10,15-16H,5-8,11-12H2,1-4H3/t15-,16?/m1/s1. The van der Waals surface area contributed by atoms with E-state index in [0.717, 1.165) is 19.2 Å². The topological polar surface area (TPSA) is 78.9 Å². The number of carbonyl (C=O) groups excluding carboxylic acids is 2. The normalized spacial score (nSPS) is 26.9. The molecule has 3 fully saturated rings. The number of nitrogens with zero attached hydrogens (tertiary/aromatic N) is 5. The largest absolute Gasteiger partial charge is 0.450 e. The van der Waals surface area contributed by atoms with Crippen LogP contribution < -0.4 is 4.90 Å². The fourth-order valence-electron chi connectivity index (χ4n) is 5.54. The molecule has 2 atom stereocenters. The van der Waals surface area contributed by atoms with Gasteiger partial charge in [-0.2, -0.15) is 18.3 Å². The number of rotatable bonds is 2. The molecule has 0 saturated carbocycles. The summed E-state index contributed by atoms with van der Waals surface area (Å²) in [6, 6.07) is 0.743. The molecule has 1 amide bonds. The number of hydrogen-bond acceptors (Lipinski definition) is 7. The highest BCUT2D eigenvalue weighted by Crippen LogP contribution is 2.46. The van der Waals surface area contributed by atoms with Gasteiger partial charge in [0.2, 0.25) is 0 Å². The molecule has 1 aromatic heterocycles. The molecule has 0 aromatic carbocycles. The third kappa shape index (κ3) is 3.47. The molecule has 5 rings (SSSR count). The van der Waals surface area contributed by atoms with Crippen molar-refractivity contribution in [3.05, 3.63) is 29.0 Å². The predicted molar refractivity (Wildman–Crippen MR) is 116 cm³/mol. The van der Waals surface area contributed by atoms with Crippen molar-refractivity contribution in [1.29, 1.82) is 0 Å². The van der Waals surface area contributed by atoms with Crippen molar-refractivity contribution in [2.24, 2.45) is 0 Å². The molecule has 5 heterocycles. The van der Waals surface area contributed by atoms with E-state index in [-0.39, 0.29) is 29.3 Å². The van der Waals surface area contributed by atoms with Crippen LogP contribution in [0.4, 0.5) is 19.0 Å². The van der Waals surface area contributed by atoms with Gasteiger partial charge in [-0.05, 0) is 33.8 Å². The van der Waals surface area contributed by atoms with E-state index in [9.17, 15) is 22.8 Å².